The predicted octanol–water partition coefficient (Wildman–Crippen LogP) is 2.24. The molecule has 0 amide bonds. The van der Waals surface area contributed by atoms with Crippen LogP contribution in [0.5, 0.6) is 0 Å². The summed E-state index contributed by atoms with van der Waals surface area (Å²) in [6.45, 7) is 2.05. The summed E-state index contributed by atoms with van der Waals surface area (Å²) in [7, 11) is 0. The molecule has 68 valence electrons. The lowest BCUT2D eigenvalue weighted by atomic mass is 10.2. The highest BCUT2D eigenvalue weighted by Gasteiger charge is 2.07. The van der Waals surface area contributed by atoms with Crippen molar-refractivity contribution in [1.29, 1.82) is 0 Å². The number of nitrogens with two attached hydrogens (primary N) is 1. The molecule has 2 N–H and O–H groups in total. The number of anilines is 1. The zero-order valence-electron chi connectivity index (χ0n) is 7.29. The van der Waals surface area contributed by atoms with Crippen molar-refractivity contribution in [2.75, 3.05) is 5.73 Å². The van der Waals surface area contributed by atoms with E-state index in [0.29, 0.717) is 0 Å². The Kier molecular flexibility index (Phi) is 2.00. The molecule has 0 unspecified atom stereocenters. The van der Waals surface area contributed by atoms with Gasteiger partial charge in [-0.1, -0.05) is 22.9 Å². The minimum absolute atomic E-state index is 0.781. The highest BCUT2D eigenvalue weighted by Crippen LogP contribution is 2.21. The fourth-order valence-corrected chi connectivity index (χ4v) is 1.68. The van der Waals surface area contributed by atoms with E-state index in [0.717, 1.165) is 27.8 Å². The van der Waals surface area contributed by atoms with E-state index in [1.807, 2.05) is 25.3 Å². The van der Waals surface area contributed by atoms with Gasteiger partial charge in [0.15, 0.2) is 0 Å². The SMILES string of the molecule is CCc1nn2ccc(Br)cc2c1N. The molecule has 0 saturated heterocycles. The molecule has 0 aliphatic carbocycles. The van der Waals surface area contributed by atoms with Crippen LogP contribution in [0.25, 0.3) is 5.52 Å². The standard InChI is InChI=1S/C9H10BrN3/c1-2-7-9(11)8-5-6(10)3-4-13(8)12-7/h3-5H,2,11H2,1H3. The van der Waals surface area contributed by atoms with Gasteiger partial charge in [0.05, 0.1) is 16.9 Å². The average Bonchev–Trinajstić information content (AvgIpc) is 2.44. The summed E-state index contributed by atoms with van der Waals surface area (Å²) in [5, 5.41) is 4.34. The van der Waals surface area contributed by atoms with Gasteiger partial charge in [-0.3, -0.25) is 0 Å². The molecule has 2 heterocycles. The lowest BCUT2D eigenvalue weighted by Crippen LogP contribution is -1.88. The number of aryl methyl sites for hydroxylation is 1. The quantitative estimate of drug-likeness (QED) is 0.830. The Morgan fingerprint density at radius 3 is 3.08 bits per heavy atom. The molecular formula is C9H10BrN3. The molecular weight excluding hydrogens is 230 g/mol. The molecule has 0 atom stereocenters. The second-order valence-electron chi connectivity index (χ2n) is 2.89. The maximum Gasteiger partial charge on any atom is 0.0905 e. The Morgan fingerprint density at radius 2 is 2.38 bits per heavy atom. The molecule has 2 aromatic rings. The highest BCUT2D eigenvalue weighted by molar-refractivity contribution is 9.10. The fourth-order valence-electron chi connectivity index (χ4n) is 1.35. The summed E-state index contributed by atoms with van der Waals surface area (Å²) in [5.74, 6) is 0. The largest absolute Gasteiger partial charge is 0.395 e. The summed E-state index contributed by atoms with van der Waals surface area (Å²) in [6, 6.07) is 3.92. The lowest BCUT2D eigenvalue weighted by Gasteiger charge is -1.93. The minimum Gasteiger partial charge on any atom is -0.395 e. The van der Waals surface area contributed by atoms with Crippen molar-refractivity contribution in [2.45, 2.75) is 13.3 Å². The van der Waals surface area contributed by atoms with Crippen molar-refractivity contribution in [3.05, 3.63) is 28.5 Å². The Bertz CT molecular complexity index is 447. The van der Waals surface area contributed by atoms with Crippen LogP contribution in [-0.2, 0) is 6.42 Å². The minimum atomic E-state index is 0.781. The van der Waals surface area contributed by atoms with Crippen molar-refractivity contribution in [3.8, 4) is 0 Å². The molecule has 0 spiro atoms. The van der Waals surface area contributed by atoms with E-state index >= 15 is 0 Å². The molecule has 0 aromatic carbocycles. The molecule has 0 bridgehead atoms. The van der Waals surface area contributed by atoms with Crippen LogP contribution in [0.4, 0.5) is 5.69 Å². The smallest absolute Gasteiger partial charge is 0.0905 e. The van der Waals surface area contributed by atoms with Gasteiger partial charge in [0.1, 0.15) is 0 Å². The van der Waals surface area contributed by atoms with Crippen molar-refractivity contribution < 1.29 is 0 Å². The third kappa shape index (κ3) is 1.31. The van der Waals surface area contributed by atoms with Gasteiger partial charge in [-0.25, -0.2) is 4.52 Å². The van der Waals surface area contributed by atoms with Crippen LogP contribution in [0.2, 0.25) is 0 Å². The predicted molar refractivity (Wildman–Crippen MR) is 56.7 cm³/mol. The average molecular weight is 240 g/mol. The van der Waals surface area contributed by atoms with Crippen LogP contribution in [0, 0.1) is 0 Å². The van der Waals surface area contributed by atoms with Crippen LogP contribution in [0.3, 0.4) is 0 Å². The second kappa shape index (κ2) is 3.03. The monoisotopic (exact) mass is 239 g/mol. The van der Waals surface area contributed by atoms with Crippen molar-refractivity contribution in [2.24, 2.45) is 0 Å². The van der Waals surface area contributed by atoms with E-state index in [2.05, 4.69) is 21.0 Å². The number of halogens is 1. The zero-order valence-corrected chi connectivity index (χ0v) is 8.87. The molecule has 2 rings (SSSR count). The Morgan fingerprint density at radius 1 is 1.62 bits per heavy atom. The van der Waals surface area contributed by atoms with Gasteiger partial charge in [-0.05, 0) is 18.6 Å². The first-order chi connectivity index (χ1) is 6.22. The van der Waals surface area contributed by atoms with E-state index in [4.69, 9.17) is 5.73 Å². The van der Waals surface area contributed by atoms with Gasteiger partial charge in [-0.15, -0.1) is 0 Å². The number of nitrogens with zero attached hydrogens (tertiary/aromatic N) is 2. The number of hydrogen-bond donors (Lipinski definition) is 1. The lowest BCUT2D eigenvalue weighted by molar-refractivity contribution is 0.898. The van der Waals surface area contributed by atoms with Gasteiger partial charge >= 0.3 is 0 Å². The van der Waals surface area contributed by atoms with Crippen molar-refractivity contribution >= 4 is 27.1 Å². The molecule has 13 heavy (non-hydrogen) atoms. The summed E-state index contributed by atoms with van der Waals surface area (Å²) in [6.07, 6.45) is 2.76. The Labute approximate surface area is 84.7 Å². The first-order valence-corrected chi connectivity index (χ1v) is 4.94. The van der Waals surface area contributed by atoms with Gasteiger partial charge in [-0.2, -0.15) is 5.10 Å². The van der Waals surface area contributed by atoms with E-state index in [-0.39, 0.29) is 0 Å². The van der Waals surface area contributed by atoms with E-state index in [1.54, 1.807) is 4.52 Å². The summed E-state index contributed by atoms with van der Waals surface area (Å²) in [5.41, 5.74) is 8.62. The van der Waals surface area contributed by atoms with Gasteiger partial charge in [0.25, 0.3) is 0 Å². The molecule has 4 heteroatoms. The van der Waals surface area contributed by atoms with E-state index in [9.17, 15) is 0 Å². The van der Waals surface area contributed by atoms with Crippen LogP contribution in [0.15, 0.2) is 22.8 Å². The first kappa shape index (κ1) is 8.56. The molecule has 3 nitrogen and oxygen atoms in total. The molecule has 0 aliphatic heterocycles. The molecule has 2 aromatic heterocycles. The zero-order chi connectivity index (χ0) is 9.42. The topological polar surface area (TPSA) is 43.3 Å². The maximum absolute atomic E-state index is 5.91. The van der Waals surface area contributed by atoms with Crippen LogP contribution < -0.4 is 5.73 Å². The van der Waals surface area contributed by atoms with Crippen molar-refractivity contribution in [1.82, 2.24) is 9.61 Å². The third-order valence-electron chi connectivity index (χ3n) is 2.05. The van der Waals surface area contributed by atoms with E-state index in [1.165, 1.54) is 0 Å². The number of fused-ring (bicyclic) bond motifs is 1. The van der Waals surface area contributed by atoms with Gasteiger partial charge in [0.2, 0.25) is 0 Å². The Hall–Kier alpha value is -1.03. The normalized spacial score (nSPS) is 10.9. The molecule has 0 radical (unpaired) electrons. The fraction of sp³-hybridized carbons (Fsp3) is 0.222. The number of nitrogen functional groups attached to an aromatic ring is 1. The molecule has 0 fully saturated rings. The van der Waals surface area contributed by atoms with Crippen LogP contribution in [0.1, 0.15) is 12.6 Å². The van der Waals surface area contributed by atoms with Crippen LogP contribution in [-0.4, -0.2) is 9.61 Å². The molecule has 0 saturated carbocycles. The first-order valence-electron chi connectivity index (χ1n) is 4.14. The number of pyridine rings is 1. The number of hydrogen-bond acceptors (Lipinski definition) is 2. The second-order valence-corrected chi connectivity index (χ2v) is 3.80. The molecule has 0 aliphatic rings. The number of rotatable bonds is 1. The summed E-state index contributed by atoms with van der Waals surface area (Å²) in [4.78, 5) is 0. The van der Waals surface area contributed by atoms with Gasteiger partial charge < -0.3 is 5.73 Å². The van der Waals surface area contributed by atoms with Gasteiger partial charge in [0, 0.05) is 10.7 Å². The summed E-state index contributed by atoms with van der Waals surface area (Å²) >= 11 is 3.40. The number of aromatic nitrogens is 2. The Balaban J connectivity index is 2.77. The summed E-state index contributed by atoms with van der Waals surface area (Å²) < 4.78 is 2.83. The highest BCUT2D eigenvalue weighted by atomic mass is 79.9. The van der Waals surface area contributed by atoms with Crippen LogP contribution >= 0.6 is 15.9 Å². The van der Waals surface area contributed by atoms with Crippen molar-refractivity contribution in [3.63, 3.8) is 0 Å². The third-order valence-corrected chi connectivity index (χ3v) is 2.54. The van der Waals surface area contributed by atoms with E-state index < -0.39 is 0 Å². The maximum atomic E-state index is 5.91.